The maximum Gasteiger partial charge on any atom is 0.363 e. The molecule has 0 bridgehead atoms. The van der Waals surface area contributed by atoms with E-state index in [0.29, 0.717) is 5.70 Å². The van der Waals surface area contributed by atoms with Gasteiger partial charge in [0.25, 0.3) is 0 Å². The van der Waals surface area contributed by atoms with E-state index in [1.165, 1.54) is 0 Å². The van der Waals surface area contributed by atoms with E-state index >= 15 is 0 Å². The molecule has 0 aromatic carbocycles. The van der Waals surface area contributed by atoms with Gasteiger partial charge >= 0.3 is 5.97 Å². The molecule has 64 valence electrons. The molecule has 0 fully saturated rings. The van der Waals surface area contributed by atoms with Crippen LogP contribution in [0.1, 0.15) is 5.56 Å². The van der Waals surface area contributed by atoms with Crippen LogP contribution in [0.15, 0.2) is 35.2 Å². The number of carbonyl (C=O) groups excluding carboxylic acids is 1. The smallest absolute Gasteiger partial charge is 0.363 e. The second-order valence-corrected chi connectivity index (χ2v) is 2.46. The third kappa shape index (κ3) is 1.61. The molecule has 0 aliphatic carbocycles. The molecule has 0 radical (unpaired) electrons. The Morgan fingerprint density at radius 2 is 2.38 bits per heavy atom. The largest absolute Gasteiger partial charge is 0.410 e. The van der Waals surface area contributed by atoms with Gasteiger partial charge in [-0.1, -0.05) is 6.07 Å². The number of cyclic esters (lactones) is 1. The molecule has 0 atom stereocenters. The number of aromatic nitrogens is 1. The molecule has 1 aromatic heterocycles. The zero-order chi connectivity index (χ0) is 9.10. The minimum Gasteiger partial charge on any atom is -0.410 e. The lowest BCUT2D eigenvalue weighted by atomic mass is 10.2. The van der Waals surface area contributed by atoms with Crippen LogP contribution < -0.4 is 0 Å². The van der Waals surface area contributed by atoms with Crippen LogP contribution in [0.2, 0.25) is 0 Å². The number of carbonyl (C=O) groups is 1. The molecule has 4 heteroatoms. The Hall–Kier alpha value is -1.97. The third-order valence-corrected chi connectivity index (χ3v) is 1.55. The minimum atomic E-state index is -0.427. The summed E-state index contributed by atoms with van der Waals surface area (Å²) in [7, 11) is 0. The number of aliphatic imine (C=N–C) groups is 1. The number of hydrogen-bond donors (Lipinski definition) is 0. The van der Waals surface area contributed by atoms with Crippen molar-refractivity contribution in [3.8, 4) is 0 Å². The number of nitrogens with zero attached hydrogens (tertiary/aromatic N) is 2. The van der Waals surface area contributed by atoms with Crippen LogP contribution >= 0.6 is 0 Å². The van der Waals surface area contributed by atoms with Gasteiger partial charge < -0.3 is 4.74 Å². The number of hydrogen-bond acceptors (Lipinski definition) is 4. The Bertz CT molecular complexity index is 382. The van der Waals surface area contributed by atoms with E-state index in [1.54, 1.807) is 24.5 Å². The third-order valence-electron chi connectivity index (χ3n) is 1.55. The number of esters is 1. The van der Waals surface area contributed by atoms with E-state index in [9.17, 15) is 4.79 Å². The molecule has 0 amide bonds. The summed E-state index contributed by atoms with van der Waals surface area (Å²) >= 11 is 0. The number of pyridine rings is 1. The summed E-state index contributed by atoms with van der Waals surface area (Å²) in [5, 5.41) is 0. The summed E-state index contributed by atoms with van der Waals surface area (Å²) < 4.78 is 4.52. The van der Waals surface area contributed by atoms with E-state index in [0.717, 1.165) is 12.0 Å². The van der Waals surface area contributed by atoms with Crippen LogP contribution in [0.5, 0.6) is 0 Å². The molecule has 13 heavy (non-hydrogen) atoms. The molecule has 1 aromatic rings. The Kier molecular flexibility index (Phi) is 1.88. The molecule has 0 spiro atoms. The van der Waals surface area contributed by atoms with Gasteiger partial charge in [-0.2, -0.15) is 0 Å². The lowest BCUT2D eigenvalue weighted by Gasteiger charge is -1.91. The first-order chi connectivity index (χ1) is 6.36. The Balaban J connectivity index is 2.30. The first kappa shape index (κ1) is 7.67. The molecule has 0 saturated carbocycles. The van der Waals surface area contributed by atoms with Gasteiger partial charge in [-0.25, -0.2) is 9.79 Å². The fourth-order valence-corrected chi connectivity index (χ4v) is 0.959. The fraction of sp³-hybridized carbons (Fsp3) is 0. The number of ether oxygens (including phenoxy) is 1. The van der Waals surface area contributed by atoms with Gasteiger partial charge in [0.05, 0.1) is 0 Å². The van der Waals surface area contributed by atoms with Gasteiger partial charge in [0.15, 0.2) is 12.1 Å². The summed E-state index contributed by atoms with van der Waals surface area (Å²) in [5.74, 6) is -0.427. The highest BCUT2D eigenvalue weighted by atomic mass is 16.5. The van der Waals surface area contributed by atoms with Gasteiger partial charge in [0.1, 0.15) is 0 Å². The van der Waals surface area contributed by atoms with Crippen LogP contribution in [0.25, 0.3) is 6.08 Å². The van der Waals surface area contributed by atoms with Crippen molar-refractivity contribution in [1.29, 1.82) is 0 Å². The Labute approximate surface area is 74.6 Å². The highest BCUT2D eigenvalue weighted by Crippen LogP contribution is 2.11. The van der Waals surface area contributed by atoms with Crippen molar-refractivity contribution >= 4 is 18.4 Å². The van der Waals surface area contributed by atoms with Crippen molar-refractivity contribution in [3.05, 3.63) is 35.8 Å². The van der Waals surface area contributed by atoms with Crippen LogP contribution in [0, 0.1) is 0 Å². The zero-order valence-corrected chi connectivity index (χ0v) is 6.68. The lowest BCUT2D eigenvalue weighted by molar-refractivity contribution is -0.129. The normalized spacial score (nSPS) is 17.8. The molecule has 1 aliphatic rings. The summed E-state index contributed by atoms with van der Waals surface area (Å²) in [6.45, 7) is 0. The second kappa shape index (κ2) is 3.18. The van der Waals surface area contributed by atoms with Gasteiger partial charge in [0, 0.05) is 12.4 Å². The predicted octanol–water partition coefficient (Wildman–Crippen LogP) is 1.01. The minimum absolute atomic E-state index is 0.299. The molecule has 0 saturated heterocycles. The van der Waals surface area contributed by atoms with Crippen LogP contribution in [-0.2, 0) is 9.53 Å². The van der Waals surface area contributed by atoms with Crippen molar-refractivity contribution in [2.24, 2.45) is 4.99 Å². The van der Waals surface area contributed by atoms with E-state index in [4.69, 9.17) is 0 Å². The van der Waals surface area contributed by atoms with Gasteiger partial charge in [-0.05, 0) is 17.7 Å². The van der Waals surface area contributed by atoms with Crippen molar-refractivity contribution in [3.63, 3.8) is 0 Å². The highest BCUT2D eigenvalue weighted by Gasteiger charge is 2.14. The van der Waals surface area contributed by atoms with Crippen molar-refractivity contribution in [1.82, 2.24) is 4.98 Å². The van der Waals surface area contributed by atoms with Gasteiger partial charge in [-0.3, -0.25) is 4.98 Å². The first-order valence-electron chi connectivity index (χ1n) is 3.71. The van der Waals surface area contributed by atoms with Crippen LogP contribution in [0.4, 0.5) is 0 Å². The summed E-state index contributed by atoms with van der Waals surface area (Å²) in [4.78, 5) is 18.6. The average molecular weight is 174 g/mol. The quantitative estimate of drug-likeness (QED) is 0.471. The molecular formula is C9H6N2O2. The molecule has 0 unspecified atom stereocenters. The van der Waals surface area contributed by atoms with Gasteiger partial charge in [-0.15, -0.1) is 0 Å². The Morgan fingerprint density at radius 3 is 3.00 bits per heavy atom. The topological polar surface area (TPSA) is 51.5 Å². The van der Waals surface area contributed by atoms with Gasteiger partial charge in [0.2, 0.25) is 0 Å². The van der Waals surface area contributed by atoms with E-state index in [-0.39, 0.29) is 0 Å². The zero-order valence-electron chi connectivity index (χ0n) is 6.68. The maximum atomic E-state index is 10.9. The molecule has 2 rings (SSSR count). The molecule has 4 nitrogen and oxygen atoms in total. The van der Waals surface area contributed by atoms with E-state index < -0.39 is 5.97 Å². The van der Waals surface area contributed by atoms with E-state index in [2.05, 4.69) is 14.7 Å². The lowest BCUT2D eigenvalue weighted by Crippen LogP contribution is -1.95. The monoisotopic (exact) mass is 174 g/mol. The summed E-state index contributed by atoms with van der Waals surface area (Å²) in [6, 6.07) is 3.62. The van der Waals surface area contributed by atoms with Crippen molar-refractivity contribution in [2.45, 2.75) is 0 Å². The predicted molar refractivity (Wildman–Crippen MR) is 46.8 cm³/mol. The molecule has 2 heterocycles. The highest BCUT2D eigenvalue weighted by molar-refractivity contribution is 6.01. The van der Waals surface area contributed by atoms with Crippen molar-refractivity contribution in [2.75, 3.05) is 0 Å². The standard InChI is InChI=1S/C9H6N2O2/c12-9-8(11-6-13-9)4-7-2-1-3-10-5-7/h1-6H. The number of rotatable bonds is 1. The summed E-state index contributed by atoms with van der Waals surface area (Å²) in [5.41, 5.74) is 1.13. The molecule has 0 N–H and O–H groups in total. The second-order valence-electron chi connectivity index (χ2n) is 2.46. The van der Waals surface area contributed by atoms with E-state index in [1.807, 2.05) is 6.07 Å². The average Bonchev–Trinajstić information content (AvgIpc) is 2.54. The maximum absolute atomic E-state index is 10.9. The first-order valence-corrected chi connectivity index (χ1v) is 3.71. The summed E-state index contributed by atoms with van der Waals surface area (Å²) in [6.07, 6.45) is 6.07. The fourth-order valence-electron chi connectivity index (χ4n) is 0.959. The molecule has 1 aliphatic heterocycles. The van der Waals surface area contributed by atoms with Crippen LogP contribution in [0.3, 0.4) is 0 Å². The van der Waals surface area contributed by atoms with Crippen LogP contribution in [-0.4, -0.2) is 17.4 Å². The molecular weight excluding hydrogens is 168 g/mol. The Morgan fingerprint density at radius 1 is 1.46 bits per heavy atom. The SMILES string of the molecule is O=C1OC=NC1=Cc1cccnc1. The van der Waals surface area contributed by atoms with Crippen molar-refractivity contribution < 1.29 is 9.53 Å².